The lowest BCUT2D eigenvalue weighted by molar-refractivity contribution is 1.15. The molecule has 0 amide bonds. The predicted molar refractivity (Wildman–Crippen MR) is 96.3 cm³/mol. The first-order valence-electron chi connectivity index (χ1n) is 6.85. The normalized spacial score (nSPS) is 10.5. The van der Waals surface area contributed by atoms with Gasteiger partial charge in [-0.1, -0.05) is 19.6 Å². The van der Waals surface area contributed by atoms with Crippen molar-refractivity contribution < 1.29 is 0 Å². The van der Waals surface area contributed by atoms with E-state index in [1.54, 1.807) is 30.5 Å². The summed E-state index contributed by atoms with van der Waals surface area (Å²) in [6, 6.07) is 10.3. The molecule has 0 aliphatic carbocycles. The van der Waals surface area contributed by atoms with Crippen LogP contribution in [0.3, 0.4) is 0 Å². The van der Waals surface area contributed by atoms with Gasteiger partial charge in [0.05, 0.1) is 11.2 Å². The van der Waals surface area contributed by atoms with Crippen LogP contribution in [0.1, 0.15) is 7.43 Å². The van der Waals surface area contributed by atoms with E-state index in [1.165, 1.54) is 17.4 Å². The number of rotatable bonds is 2. The lowest BCUT2D eigenvalue weighted by Gasteiger charge is -2.02. The minimum absolute atomic E-state index is 0. The molecule has 120 valence electrons. The highest BCUT2D eigenvalue weighted by molar-refractivity contribution is 7.17. The zero-order valence-corrected chi connectivity index (χ0v) is 12.6. The maximum absolute atomic E-state index is 12.3. The first-order valence-corrected chi connectivity index (χ1v) is 7.73. The van der Waals surface area contributed by atoms with Crippen molar-refractivity contribution in [3.8, 4) is 22.8 Å². The molecule has 0 atom stereocenters. The Labute approximate surface area is 140 Å². The van der Waals surface area contributed by atoms with E-state index in [0.717, 1.165) is 5.56 Å². The molecule has 0 saturated heterocycles. The Morgan fingerprint density at radius 3 is 2.62 bits per heavy atom. The number of nitrogens with zero attached hydrogens (tertiary/aromatic N) is 2. The summed E-state index contributed by atoms with van der Waals surface area (Å²) in [6.07, 6.45) is 1.64. The molecule has 0 radical (unpaired) electrons. The fraction of sp³-hybridized carbons (Fsp3) is 0.0588. The van der Waals surface area contributed by atoms with Crippen LogP contribution in [0.15, 0.2) is 57.6 Å². The Kier molecular flexibility index (Phi) is 4.09. The van der Waals surface area contributed by atoms with Crippen LogP contribution in [-0.4, -0.2) is 19.9 Å². The van der Waals surface area contributed by atoms with Gasteiger partial charge in [0.25, 0.3) is 5.56 Å². The predicted octanol–water partition coefficient (Wildman–Crippen LogP) is 3.04. The van der Waals surface area contributed by atoms with Crippen LogP contribution in [0.4, 0.5) is 0 Å². The van der Waals surface area contributed by atoms with E-state index < -0.39 is 0 Å². The maximum atomic E-state index is 12.3. The number of H-pyrrole nitrogens is 2. The Hall–Kier alpha value is -3.06. The summed E-state index contributed by atoms with van der Waals surface area (Å²) in [6.45, 7) is 0. The summed E-state index contributed by atoms with van der Waals surface area (Å²) in [5.74, 6) is 0.404. The number of pyridine rings is 2. The topological polar surface area (TPSA) is 91.5 Å². The van der Waals surface area contributed by atoms with Crippen molar-refractivity contribution in [2.45, 2.75) is 7.43 Å². The average molecular weight is 338 g/mol. The lowest BCUT2D eigenvalue weighted by Crippen LogP contribution is -2.09. The minimum atomic E-state index is -0.217. The molecule has 0 spiro atoms. The molecule has 0 saturated carbocycles. The molecule has 4 rings (SSSR count). The van der Waals surface area contributed by atoms with Gasteiger partial charge in [0, 0.05) is 23.2 Å². The van der Waals surface area contributed by atoms with Crippen LogP contribution in [0.5, 0.6) is 0 Å². The highest BCUT2D eigenvalue weighted by atomic mass is 32.1. The van der Waals surface area contributed by atoms with Gasteiger partial charge in [-0.05, 0) is 18.2 Å². The number of fused-ring (bicyclic) bond motifs is 1. The number of hydrogen-bond donors (Lipinski definition) is 2. The fourth-order valence-electron chi connectivity index (χ4n) is 2.35. The van der Waals surface area contributed by atoms with Crippen molar-refractivity contribution in [3.63, 3.8) is 0 Å². The summed E-state index contributed by atoms with van der Waals surface area (Å²) >= 11 is 1.30. The van der Waals surface area contributed by atoms with Crippen molar-refractivity contribution in [1.82, 2.24) is 19.9 Å². The van der Waals surface area contributed by atoms with E-state index in [2.05, 4.69) is 19.9 Å². The maximum Gasteiger partial charge on any atom is 0.269 e. The van der Waals surface area contributed by atoms with Gasteiger partial charge in [-0.25, -0.2) is 4.98 Å². The van der Waals surface area contributed by atoms with Gasteiger partial charge in [-0.3, -0.25) is 14.6 Å². The second-order valence-corrected chi connectivity index (χ2v) is 5.76. The third kappa shape index (κ3) is 2.65. The van der Waals surface area contributed by atoms with E-state index in [4.69, 9.17) is 0 Å². The van der Waals surface area contributed by atoms with E-state index in [9.17, 15) is 9.59 Å². The van der Waals surface area contributed by atoms with Crippen molar-refractivity contribution in [2.75, 3.05) is 0 Å². The second kappa shape index (κ2) is 6.21. The van der Waals surface area contributed by atoms with Crippen molar-refractivity contribution in [1.29, 1.82) is 0 Å². The van der Waals surface area contributed by atoms with Crippen LogP contribution in [0, 0.1) is 0 Å². The van der Waals surface area contributed by atoms with Gasteiger partial charge >= 0.3 is 0 Å². The third-order valence-corrected chi connectivity index (χ3v) is 4.36. The smallest absolute Gasteiger partial charge is 0.269 e. The van der Waals surface area contributed by atoms with E-state index >= 15 is 0 Å². The Balaban J connectivity index is 0.00000169. The van der Waals surface area contributed by atoms with Crippen molar-refractivity contribution in [3.05, 3.63) is 68.7 Å². The molecule has 0 unspecified atom stereocenters. The summed E-state index contributed by atoms with van der Waals surface area (Å²) in [5, 5.41) is 1.82. The quantitative estimate of drug-likeness (QED) is 0.588. The summed E-state index contributed by atoms with van der Waals surface area (Å²) in [7, 11) is 0. The van der Waals surface area contributed by atoms with Gasteiger partial charge < -0.3 is 9.97 Å². The highest BCUT2D eigenvalue weighted by Gasteiger charge is 2.14. The summed E-state index contributed by atoms with van der Waals surface area (Å²) in [5.41, 5.74) is 2.09. The molecule has 4 heterocycles. The summed E-state index contributed by atoms with van der Waals surface area (Å²) < 4.78 is 0.518. The average Bonchev–Trinajstić information content (AvgIpc) is 3.00. The zero-order chi connectivity index (χ0) is 15.8. The van der Waals surface area contributed by atoms with Gasteiger partial charge in [-0.15, -0.1) is 11.3 Å². The van der Waals surface area contributed by atoms with Crippen molar-refractivity contribution >= 4 is 21.6 Å². The minimum Gasteiger partial charge on any atom is -0.322 e. The molecule has 0 aliphatic rings. The van der Waals surface area contributed by atoms with Crippen LogP contribution < -0.4 is 11.1 Å². The third-order valence-electron chi connectivity index (χ3n) is 3.39. The molecule has 6 nitrogen and oxygen atoms in total. The van der Waals surface area contributed by atoms with Crippen LogP contribution in [0.2, 0.25) is 0 Å². The second-order valence-electron chi connectivity index (χ2n) is 4.89. The monoisotopic (exact) mass is 338 g/mol. The molecule has 24 heavy (non-hydrogen) atoms. The van der Waals surface area contributed by atoms with E-state index in [-0.39, 0.29) is 18.5 Å². The molecule has 4 aromatic rings. The number of hydrogen-bond acceptors (Lipinski definition) is 5. The SMILES string of the molecule is C.O=c1cccc(-c2csc3c(=O)[nH]c(-c4ccccn4)nc23)[nH]1. The zero-order valence-electron chi connectivity index (χ0n) is 11.7. The molecule has 0 fully saturated rings. The molecule has 0 aliphatic heterocycles. The lowest BCUT2D eigenvalue weighted by atomic mass is 10.2. The highest BCUT2D eigenvalue weighted by Crippen LogP contribution is 2.29. The Morgan fingerprint density at radius 1 is 1.00 bits per heavy atom. The van der Waals surface area contributed by atoms with Crippen LogP contribution >= 0.6 is 11.3 Å². The molecule has 4 aromatic heterocycles. The fourth-order valence-corrected chi connectivity index (χ4v) is 3.25. The Morgan fingerprint density at radius 2 is 1.88 bits per heavy atom. The molecule has 7 heteroatoms. The summed E-state index contributed by atoms with van der Waals surface area (Å²) in [4.78, 5) is 38.1. The standard InChI is InChI=1S/C16H10N4O2S.CH4/c21-12-6-3-5-10(18-12)9-8-23-14-13(9)19-15(20-16(14)22)11-4-1-2-7-17-11;/h1-8H,(H,18,21)(H,19,20,22);1H4. The largest absolute Gasteiger partial charge is 0.322 e. The molecule has 0 bridgehead atoms. The molecule has 2 N–H and O–H groups in total. The van der Waals surface area contributed by atoms with Crippen LogP contribution in [-0.2, 0) is 0 Å². The molecular weight excluding hydrogens is 324 g/mol. The molecule has 0 aromatic carbocycles. The van der Waals surface area contributed by atoms with E-state index in [1.807, 2.05) is 11.4 Å². The number of thiophene rings is 1. The van der Waals surface area contributed by atoms with E-state index in [0.29, 0.717) is 27.4 Å². The van der Waals surface area contributed by atoms with Gasteiger partial charge in [0.2, 0.25) is 5.56 Å². The Bertz CT molecular complexity index is 1110. The van der Waals surface area contributed by atoms with Gasteiger partial charge in [0.1, 0.15) is 10.4 Å². The first-order chi connectivity index (χ1) is 11.2. The van der Waals surface area contributed by atoms with Gasteiger partial charge in [0.15, 0.2) is 5.82 Å². The number of aromatic nitrogens is 4. The molecular formula is C17H14N4O2S. The van der Waals surface area contributed by atoms with Crippen molar-refractivity contribution in [2.24, 2.45) is 0 Å². The van der Waals surface area contributed by atoms with Gasteiger partial charge in [-0.2, -0.15) is 0 Å². The number of aromatic amines is 2. The number of nitrogens with one attached hydrogen (secondary N) is 2. The van der Waals surface area contributed by atoms with Crippen LogP contribution in [0.25, 0.3) is 33.0 Å². The first kappa shape index (κ1) is 15.8.